The lowest BCUT2D eigenvalue weighted by Gasteiger charge is -2.28. The highest BCUT2D eigenvalue weighted by atomic mass is 32.2. The number of sulfonamides is 1. The van der Waals surface area contributed by atoms with E-state index in [1.807, 2.05) is 13.0 Å². The van der Waals surface area contributed by atoms with Gasteiger partial charge in [-0.15, -0.1) is 0 Å². The molecule has 0 spiro atoms. The molecule has 1 amide bonds. The first kappa shape index (κ1) is 22.3. The third-order valence-corrected chi connectivity index (χ3v) is 7.21. The summed E-state index contributed by atoms with van der Waals surface area (Å²) in [5.41, 5.74) is 2.37. The maximum Gasteiger partial charge on any atom is 0.262 e. The van der Waals surface area contributed by atoms with E-state index in [9.17, 15) is 13.2 Å². The molecule has 162 valence electrons. The summed E-state index contributed by atoms with van der Waals surface area (Å²) in [4.78, 5) is 15.1. The van der Waals surface area contributed by atoms with Gasteiger partial charge < -0.3 is 10.2 Å². The lowest BCUT2D eigenvalue weighted by atomic mass is 9.94. The van der Waals surface area contributed by atoms with Crippen LogP contribution in [0, 0.1) is 19.8 Å². The predicted octanol–water partition coefficient (Wildman–Crippen LogP) is 3.57. The zero-order valence-electron chi connectivity index (χ0n) is 17.9. The number of rotatable bonds is 7. The number of likely N-dealkylation sites (tertiary alicyclic amines) is 1. The molecular weight excluding hydrogens is 398 g/mol. The molecule has 1 saturated heterocycles. The van der Waals surface area contributed by atoms with E-state index in [0.29, 0.717) is 29.3 Å². The zero-order valence-corrected chi connectivity index (χ0v) is 18.8. The van der Waals surface area contributed by atoms with E-state index in [4.69, 9.17) is 0 Å². The van der Waals surface area contributed by atoms with Gasteiger partial charge in [0.1, 0.15) is 0 Å². The molecule has 3 rings (SSSR count). The smallest absolute Gasteiger partial charge is 0.262 e. The summed E-state index contributed by atoms with van der Waals surface area (Å²) < 4.78 is 28.2. The Kier molecular flexibility index (Phi) is 7.15. The number of anilines is 1. The van der Waals surface area contributed by atoms with Crippen molar-refractivity contribution in [2.24, 2.45) is 5.92 Å². The van der Waals surface area contributed by atoms with Crippen LogP contribution in [0.5, 0.6) is 0 Å². The van der Waals surface area contributed by atoms with Crippen molar-refractivity contribution >= 4 is 21.6 Å². The second-order valence-electron chi connectivity index (χ2n) is 8.25. The standard InChI is InChI=1S/C23H31N3O3S/c1-17-7-8-18(2)22(15-17)30(28,29)25-21-6-4-5-20(16-21)23(27)24-12-9-19-10-13-26(3)14-11-19/h4-8,15-16,19,25H,9-14H2,1-3H3,(H,24,27). The second kappa shape index (κ2) is 9.62. The summed E-state index contributed by atoms with van der Waals surface area (Å²) in [5, 5.41) is 2.97. The summed E-state index contributed by atoms with van der Waals surface area (Å²) in [6.07, 6.45) is 3.31. The fourth-order valence-corrected chi connectivity index (χ4v) is 5.15. The van der Waals surface area contributed by atoms with Crippen LogP contribution in [0.2, 0.25) is 0 Å². The third-order valence-electron chi connectivity index (χ3n) is 5.69. The fourth-order valence-electron chi connectivity index (χ4n) is 3.77. The number of piperidine rings is 1. The summed E-state index contributed by atoms with van der Waals surface area (Å²) >= 11 is 0. The Bertz CT molecular complexity index is 997. The van der Waals surface area contributed by atoms with E-state index < -0.39 is 10.0 Å². The highest BCUT2D eigenvalue weighted by molar-refractivity contribution is 7.92. The van der Waals surface area contributed by atoms with Gasteiger partial charge in [0.2, 0.25) is 0 Å². The molecular formula is C23H31N3O3S. The monoisotopic (exact) mass is 429 g/mol. The van der Waals surface area contributed by atoms with Gasteiger partial charge in [-0.2, -0.15) is 0 Å². The van der Waals surface area contributed by atoms with Crippen molar-refractivity contribution in [2.45, 2.75) is 38.0 Å². The molecule has 1 aliphatic rings. The number of nitrogens with one attached hydrogen (secondary N) is 2. The highest BCUT2D eigenvalue weighted by Crippen LogP contribution is 2.22. The number of aryl methyl sites for hydroxylation is 2. The van der Waals surface area contributed by atoms with E-state index >= 15 is 0 Å². The second-order valence-corrected chi connectivity index (χ2v) is 9.90. The van der Waals surface area contributed by atoms with E-state index in [0.717, 1.165) is 25.1 Å². The minimum atomic E-state index is -3.73. The van der Waals surface area contributed by atoms with Crippen LogP contribution in [0.3, 0.4) is 0 Å². The number of benzene rings is 2. The normalized spacial score (nSPS) is 15.7. The Morgan fingerprint density at radius 2 is 1.83 bits per heavy atom. The van der Waals surface area contributed by atoms with Gasteiger partial charge in [-0.3, -0.25) is 9.52 Å². The SMILES string of the molecule is Cc1ccc(C)c(S(=O)(=O)Nc2cccc(C(=O)NCCC3CCN(C)CC3)c2)c1. The molecule has 2 aromatic rings. The van der Waals surface area contributed by atoms with Crippen LogP contribution in [0.15, 0.2) is 47.4 Å². The molecule has 0 aliphatic carbocycles. The molecule has 1 aliphatic heterocycles. The molecule has 6 nitrogen and oxygen atoms in total. The topological polar surface area (TPSA) is 78.5 Å². The van der Waals surface area contributed by atoms with Crippen molar-refractivity contribution < 1.29 is 13.2 Å². The van der Waals surface area contributed by atoms with Gasteiger partial charge in [-0.1, -0.05) is 18.2 Å². The van der Waals surface area contributed by atoms with Gasteiger partial charge in [0, 0.05) is 17.8 Å². The van der Waals surface area contributed by atoms with Gasteiger partial charge in [0.15, 0.2) is 0 Å². The lowest BCUT2D eigenvalue weighted by molar-refractivity contribution is 0.0949. The van der Waals surface area contributed by atoms with Crippen LogP contribution in [0.4, 0.5) is 5.69 Å². The molecule has 0 bridgehead atoms. The van der Waals surface area contributed by atoms with Crippen LogP contribution in [0.25, 0.3) is 0 Å². The van der Waals surface area contributed by atoms with Crippen molar-refractivity contribution in [3.8, 4) is 0 Å². The molecule has 2 aromatic carbocycles. The molecule has 0 atom stereocenters. The van der Waals surface area contributed by atoms with E-state index in [2.05, 4.69) is 22.0 Å². The van der Waals surface area contributed by atoms with Crippen LogP contribution in [-0.4, -0.2) is 45.9 Å². The Morgan fingerprint density at radius 3 is 2.57 bits per heavy atom. The minimum absolute atomic E-state index is 0.185. The van der Waals surface area contributed by atoms with Crippen molar-refractivity contribution in [2.75, 3.05) is 31.4 Å². The zero-order chi connectivity index (χ0) is 21.7. The molecule has 0 saturated carbocycles. The quantitative estimate of drug-likeness (QED) is 0.705. The Hall–Kier alpha value is -2.38. The third kappa shape index (κ3) is 5.83. The molecule has 7 heteroatoms. The first-order valence-corrected chi connectivity index (χ1v) is 11.9. The van der Waals surface area contributed by atoms with E-state index in [1.165, 1.54) is 12.8 Å². The summed E-state index contributed by atoms with van der Waals surface area (Å²) in [6, 6.07) is 11.9. The summed E-state index contributed by atoms with van der Waals surface area (Å²) in [7, 11) is -1.59. The number of nitrogens with zero attached hydrogens (tertiary/aromatic N) is 1. The van der Waals surface area contributed by atoms with Gasteiger partial charge in [0.25, 0.3) is 15.9 Å². The summed E-state index contributed by atoms with van der Waals surface area (Å²) in [5.74, 6) is 0.466. The molecule has 0 aromatic heterocycles. The lowest BCUT2D eigenvalue weighted by Crippen LogP contribution is -2.32. The van der Waals surface area contributed by atoms with Gasteiger partial charge >= 0.3 is 0 Å². The van der Waals surface area contributed by atoms with E-state index in [1.54, 1.807) is 43.3 Å². The Morgan fingerprint density at radius 1 is 1.10 bits per heavy atom. The number of hydrogen-bond donors (Lipinski definition) is 2. The average Bonchev–Trinajstić information content (AvgIpc) is 2.71. The Balaban J connectivity index is 1.61. The van der Waals surface area contributed by atoms with E-state index in [-0.39, 0.29) is 10.8 Å². The average molecular weight is 430 g/mol. The molecule has 30 heavy (non-hydrogen) atoms. The molecule has 0 radical (unpaired) electrons. The first-order valence-electron chi connectivity index (χ1n) is 10.4. The number of carbonyl (C=O) groups is 1. The minimum Gasteiger partial charge on any atom is -0.352 e. The maximum atomic E-state index is 12.8. The van der Waals surface area contributed by atoms with Crippen molar-refractivity contribution in [1.29, 1.82) is 0 Å². The molecule has 0 unspecified atom stereocenters. The Labute approximate surface area is 179 Å². The fraction of sp³-hybridized carbons (Fsp3) is 0.435. The van der Waals surface area contributed by atoms with Gasteiger partial charge in [-0.05, 0) is 94.6 Å². The predicted molar refractivity (Wildman–Crippen MR) is 120 cm³/mol. The van der Waals surface area contributed by atoms with Crippen LogP contribution in [0.1, 0.15) is 40.7 Å². The van der Waals surface area contributed by atoms with Crippen molar-refractivity contribution in [3.05, 3.63) is 59.2 Å². The van der Waals surface area contributed by atoms with Gasteiger partial charge in [0.05, 0.1) is 4.90 Å². The molecule has 1 fully saturated rings. The number of carbonyl (C=O) groups excluding carboxylic acids is 1. The molecule has 1 heterocycles. The maximum absolute atomic E-state index is 12.8. The number of hydrogen-bond acceptors (Lipinski definition) is 4. The molecule has 2 N–H and O–H groups in total. The van der Waals surface area contributed by atoms with Gasteiger partial charge in [-0.25, -0.2) is 8.42 Å². The summed E-state index contributed by atoms with van der Waals surface area (Å²) in [6.45, 7) is 6.48. The highest BCUT2D eigenvalue weighted by Gasteiger charge is 2.19. The first-order chi connectivity index (χ1) is 14.2. The number of amides is 1. The van der Waals surface area contributed by atoms with Crippen LogP contribution < -0.4 is 10.0 Å². The van der Waals surface area contributed by atoms with Crippen molar-refractivity contribution in [1.82, 2.24) is 10.2 Å². The van der Waals surface area contributed by atoms with Crippen LogP contribution >= 0.6 is 0 Å². The largest absolute Gasteiger partial charge is 0.352 e. The van der Waals surface area contributed by atoms with Crippen molar-refractivity contribution in [3.63, 3.8) is 0 Å². The van der Waals surface area contributed by atoms with Crippen LogP contribution in [-0.2, 0) is 10.0 Å².